The second-order valence-electron chi connectivity index (χ2n) is 6.74. The van der Waals surface area contributed by atoms with E-state index in [0.717, 1.165) is 43.6 Å². The van der Waals surface area contributed by atoms with Crippen LogP contribution in [-0.2, 0) is 17.5 Å². The highest BCUT2D eigenvalue weighted by molar-refractivity contribution is 5.81. The number of fused-ring (bicyclic) bond motifs is 1. The van der Waals surface area contributed by atoms with Crippen LogP contribution in [0.25, 0.3) is 11.0 Å². The predicted octanol–water partition coefficient (Wildman–Crippen LogP) is 4.47. The molecule has 1 amide bonds. The summed E-state index contributed by atoms with van der Waals surface area (Å²) in [6, 6.07) is 9.70. The molecule has 0 aliphatic carbocycles. The van der Waals surface area contributed by atoms with Gasteiger partial charge in [-0.05, 0) is 49.2 Å². The first-order valence-corrected chi connectivity index (χ1v) is 8.98. The number of hydrogen-bond donors (Lipinski definition) is 0. The number of halogens is 3. The van der Waals surface area contributed by atoms with Crippen LogP contribution in [0.15, 0.2) is 48.8 Å². The first-order valence-electron chi connectivity index (χ1n) is 8.98. The molecular formula is C20H18F3N3O2. The van der Waals surface area contributed by atoms with Crippen LogP contribution in [0.3, 0.4) is 0 Å². The van der Waals surface area contributed by atoms with Gasteiger partial charge in [0.25, 0.3) is 0 Å². The van der Waals surface area contributed by atoms with Gasteiger partial charge in [-0.3, -0.25) is 4.79 Å². The van der Waals surface area contributed by atoms with E-state index in [0.29, 0.717) is 17.0 Å². The van der Waals surface area contributed by atoms with E-state index in [9.17, 15) is 18.0 Å². The van der Waals surface area contributed by atoms with Crippen molar-refractivity contribution in [2.24, 2.45) is 0 Å². The lowest BCUT2D eigenvalue weighted by Crippen LogP contribution is -2.30. The number of carbonyl (C=O) groups is 1. The maximum atomic E-state index is 12.7. The second kappa shape index (κ2) is 7.18. The first-order chi connectivity index (χ1) is 13.4. The van der Waals surface area contributed by atoms with Crippen LogP contribution in [0.1, 0.15) is 18.4 Å². The molecule has 1 aliphatic rings. The van der Waals surface area contributed by atoms with Gasteiger partial charge < -0.3 is 14.2 Å². The lowest BCUT2D eigenvalue weighted by Gasteiger charge is -2.15. The van der Waals surface area contributed by atoms with E-state index in [4.69, 9.17) is 4.74 Å². The molecule has 1 saturated heterocycles. The second-order valence-corrected chi connectivity index (χ2v) is 6.74. The molecule has 2 heterocycles. The molecule has 28 heavy (non-hydrogen) atoms. The third-order valence-electron chi connectivity index (χ3n) is 4.77. The van der Waals surface area contributed by atoms with Crippen LogP contribution in [0.5, 0.6) is 11.5 Å². The Balaban J connectivity index is 1.53. The molecule has 0 atom stereocenters. The summed E-state index contributed by atoms with van der Waals surface area (Å²) in [5.74, 6) is 0.806. The summed E-state index contributed by atoms with van der Waals surface area (Å²) < 4.78 is 45.4. The zero-order valence-corrected chi connectivity index (χ0v) is 14.9. The Kier molecular flexibility index (Phi) is 4.70. The molecule has 0 unspecified atom stereocenters. The van der Waals surface area contributed by atoms with E-state index in [1.807, 2.05) is 4.90 Å². The van der Waals surface area contributed by atoms with Crippen molar-refractivity contribution < 1.29 is 22.7 Å². The van der Waals surface area contributed by atoms with Gasteiger partial charge in [0, 0.05) is 19.2 Å². The SMILES string of the molecule is O=C(Cn1cnc2ccc(Oc3ccc(C(F)(F)F)cc3)cc21)N1CCCC1. The Morgan fingerprint density at radius 3 is 2.39 bits per heavy atom. The molecule has 0 radical (unpaired) electrons. The molecule has 0 bridgehead atoms. The molecule has 4 rings (SSSR count). The quantitative estimate of drug-likeness (QED) is 0.662. The monoisotopic (exact) mass is 389 g/mol. The van der Waals surface area contributed by atoms with Crippen LogP contribution in [-0.4, -0.2) is 33.4 Å². The highest BCUT2D eigenvalue weighted by atomic mass is 19.4. The fraction of sp³-hybridized carbons (Fsp3) is 0.300. The summed E-state index contributed by atoms with van der Waals surface area (Å²) in [5.41, 5.74) is 0.722. The molecule has 1 aliphatic heterocycles. The number of amides is 1. The number of hydrogen-bond acceptors (Lipinski definition) is 3. The van der Waals surface area contributed by atoms with E-state index < -0.39 is 11.7 Å². The van der Waals surface area contributed by atoms with E-state index in [-0.39, 0.29) is 12.5 Å². The van der Waals surface area contributed by atoms with Gasteiger partial charge in [-0.2, -0.15) is 13.2 Å². The Bertz CT molecular complexity index is 990. The first kappa shape index (κ1) is 18.3. The number of ether oxygens (including phenoxy) is 1. The molecule has 0 spiro atoms. The van der Waals surface area contributed by atoms with Crippen molar-refractivity contribution in [3.05, 3.63) is 54.4 Å². The molecule has 0 saturated carbocycles. The van der Waals surface area contributed by atoms with Crippen molar-refractivity contribution in [3.63, 3.8) is 0 Å². The molecule has 146 valence electrons. The van der Waals surface area contributed by atoms with Gasteiger partial charge in [0.15, 0.2) is 0 Å². The van der Waals surface area contributed by atoms with Crippen LogP contribution in [0, 0.1) is 0 Å². The van der Waals surface area contributed by atoms with E-state index in [2.05, 4.69) is 4.98 Å². The van der Waals surface area contributed by atoms with Gasteiger partial charge in [-0.15, -0.1) is 0 Å². The Morgan fingerprint density at radius 2 is 1.71 bits per heavy atom. The molecular weight excluding hydrogens is 371 g/mol. The summed E-state index contributed by atoms with van der Waals surface area (Å²) in [7, 11) is 0. The average molecular weight is 389 g/mol. The fourth-order valence-electron chi connectivity index (χ4n) is 3.29. The predicted molar refractivity (Wildman–Crippen MR) is 97.1 cm³/mol. The summed E-state index contributed by atoms with van der Waals surface area (Å²) in [6.07, 6.45) is -0.713. The normalized spacial score (nSPS) is 14.6. The van der Waals surface area contributed by atoms with Gasteiger partial charge in [-0.1, -0.05) is 0 Å². The van der Waals surface area contributed by atoms with Crippen molar-refractivity contribution in [1.29, 1.82) is 0 Å². The Hall–Kier alpha value is -3.03. The summed E-state index contributed by atoms with van der Waals surface area (Å²) in [4.78, 5) is 18.5. The summed E-state index contributed by atoms with van der Waals surface area (Å²) in [6.45, 7) is 1.77. The van der Waals surface area contributed by atoms with Crippen molar-refractivity contribution in [2.75, 3.05) is 13.1 Å². The van der Waals surface area contributed by atoms with Crippen molar-refractivity contribution in [3.8, 4) is 11.5 Å². The molecule has 5 nitrogen and oxygen atoms in total. The molecule has 3 aromatic rings. The number of nitrogens with zero attached hydrogens (tertiary/aromatic N) is 3. The van der Waals surface area contributed by atoms with Crippen molar-refractivity contribution in [1.82, 2.24) is 14.5 Å². The number of likely N-dealkylation sites (tertiary alicyclic amines) is 1. The zero-order chi connectivity index (χ0) is 19.7. The smallest absolute Gasteiger partial charge is 0.416 e. The number of aromatic nitrogens is 2. The van der Waals surface area contributed by atoms with E-state index >= 15 is 0 Å². The minimum Gasteiger partial charge on any atom is -0.457 e. The summed E-state index contributed by atoms with van der Waals surface area (Å²) in [5, 5.41) is 0. The Labute approximate surface area is 159 Å². The lowest BCUT2D eigenvalue weighted by atomic mass is 10.2. The number of carbonyl (C=O) groups excluding carboxylic acids is 1. The van der Waals surface area contributed by atoms with Gasteiger partial charge in [0.1, 0.15) is 18.0 Å². The molecule has 1 aromatic heterocycles. The van der Waals surface area contributed by atoms with Crippen molar-refractivity contribution in [2.45, 2.75) is 25.6 Å². The number of imidazole rings is 1. The minimum atomic E-state index is -4.38. The van der Waals surface area contributed by atoms with Crippen LogP contribution in [0.4, 0.5) is 13.2 Å². The summed E-state index contributed by atoms with van der Waals surface area (Å²) >= 11 is 0. The highest BCUT2D eigenvalue weighted by Gasteiger charge is 2.30. The van der Waals surface area contributed by atoms with Crippen LogP contribution >= 0.6 is 0 Å². The zero-order valence-electron chi connectivity index (χ0n) is 14.9. The highest BCUT2D eigenvalue weighted by Crippen LogP contribution is 2.32. The third-order valence-corrected chi connectivity index (χ3v) is 4.77. The minimum absolute atomic E-state index is 0.0471. The largest absolute Gasteiger partial charge is 0.457 e. The fourth-order valence-corrected chi connectivity index (χ4v) is 3.29. The number of benzene rings is 2. The van der Waals surface area contributed by atoms with Gasteiger partial charge >= 0.3 is 6.18 Å². The van der Waals surface area contributed by atoms with Gasteiger partial charge in [0.2, 0.25) is 5.91 Å². The maximum Gasteiger partial charge on any atom is 0.416 e. The van der Waals surface area contributed by atoms with Gasteiger partial charge in [-0.25, -0.2) is 4.98 Å². The number of rotatable bonds is 4. The van der Waals surface area contributed by atoms with Crippen molar-refractivity contribution >= 4 is 16.9 Å². The van der Waals surface area contributed by atoms with E-state index in [1.54, 1.807) is 29.1 Å². The standard InChI is InChI=1S/C20H18F3N3O2/c21-20(22,23)14-3-5-15(6-4-14)28-16-7-8-17-18(11-16)26(13-24-17)12-19(27)25-9-1-2-10-25/h3-8,11,13H,1-2,9-10,12H2. The van der Waals surface area contributed by atoms with Gasteiger partial charge in [0.05, 0.1) is 22.9 Å². The average Bonchev–Trinajstić information content (AvgIpc) is 3.32. The third kappa shape index (κ3) is 3.81. The molecule has 8 heteroatoms. The molecule has 2 aromatic carbocycles. The Morgan fingerprint density at radius 1 is 1.04 bits per heavy atom. The molecule has 1 fully saturated rings. The number of alkyl halides is 3. The van der Waals surface area contributed by atoms with E-state index in [1.165, 1.54) is 12.1 Å². The van der Waals surface area contributed by atoms with Crippen LogP contribution < -0.4 is 4.74 Å². The maximum absolute atomic E-state index is 12.7. The molecule has 0 N–H and O–H groups in total. The topological polar surface area (TPSA) is 47.4 Å². The lowest BCUT2D eigenvalue weighted by molar-refractivity contribution is -0.137. The van der Waals surface area contributed by atoms with Crippen LogP contribution in [0.2, 0.25) is 0 Å².